The van der Waals surface area contributed by atoms with Crippen LogP contribution in [0.5, 0.6) is 5.75 Å². The second kappa shape index (κ2) is 9.74. The average molecular weight is 464 g/mol. The second-order valence-corrected chi connectivity index (χ2v) is 9.59. The fourth-order valence-corrected chi connectivity index (χ4v) is 5.89. The Morgan fingerprint density at radius 1 is 1.19 bits per heavy atom. The maximum absolute atomic E-state index is 13.5. The molecule has 0 radical (unpaired) electrons. The Labute approximate surface area is 188 Å². The number of H-pyrrole nitrogens is 1. The molecule has 0 bridgehead atoms. The van der Waals surface area contributed by atoms with E-state index in [4.69, 9.17) is 9.47 Å². The summed E-state index contributed by atoms with van der Waals surface area (Å²) < 4.78 is 38.5. The average Bonchev–Trinajstić information content (AvgIpc) is 3.09. The summed E-state index contributed by atoms with van der Waals surface area (Å²) >= 11 is 0. The first kappa shape index (κ1) is 23.8. The Bertz CT molecular complexity index is 1090. The lowest BCUT2D eigenvalue weighted by atomic mass is 9.99. The molecule has 174 valence electrons. The highest BCUT2D eigenvalue weighted by atomic mass is 32.2. The number of aryl methyl sites for hydroxylation is 2. The lowest BCUT2D eigenvalue weighted by Gasteiger charge is -2.31. The number of methoxy groups -OCH3 is 1. The number of nitrogens with zero attached hydrogens (tertiary/aromatic N) is 1. The van der Waals surface area contributed by atoms with E-state index < -0.39 is 21.9 Å². The van der Waals surface area contributed by atoms with Gasteiger partial charge in [0.1, 0.15) is 16.2 Å². The molecule has 0 saturated carbocycles. The molecule has 1 fully saturated rings. The van der Waals surface area contributed by atoms with Crippen LogP contribution >= 0.6 is 0 Å². The van der Waals surface area contributed by atoms with Gasteiger partial charge in [-0.25, -0.2) is 13.2 Å². The van der Waals surface area contributed by atoms with Crippen LogP contribution in [-0.4, -0.2) is 56.4 Å². The summed E-state index contributed by atoms with van der Waals surface area (Å²) in [5.74, 6) is -0.763. The van der Waals surface area contributed by atoms with Crippen LogP contribution in [0.4, 0.5) is 5.69 Å². The van der Waals surface area contributed by atoms with Crippen LogP contribution in [0.25, 0.3) is 0 Å². The first-order chi connectivity index (χ1) is 15.2. The van der Waals surface area contributed by atoms with Crippen molar-refractivity contribution in [2.24, 2.45) is 5.92 Å². The van der Waals surface area contributed by atoms with Crippen LogP contribution in [-0.2, 0) is 19.6 Å². The molecule has 2 aromatic rings. The number of amides is 1. The minimum atomic E-state index is -4.01. The van der Waals surface area contributed by atoms with Crippen molar-refractivity contribution >= 4 is 27.6 Å². The van der Waals surface area contributed by atoms with Gasteiger partial charge in [-0.05, 0) is 57.9 Å². The van der Waals surface area contributed by atoms with Gasteiger partial charge in [-0.15, -0.1) is 0 Å². The molecule has 1 atom stereocenters. The van der Waals surface area contributed by atoms with Gasteiger partial charge in [0.15, 0.2) is 0 Å². The van der Waals surface area contributed by atoms with E-state index in [0.29, 0.717) is 35.7 Å². The Hall–Kier alpha value is -2.85. The number of carbonyl (C=O) groups excluding carboxylic acids is 2. The van der Waals surface area contributed by atoms with Crippen molar-refractivity contribution in [3.05, 3.63) is 41.2 Å². The van der Waals surface area contributed by atoms with Crippen molar-refractivity contribution in [3.63, 3.8) is 0 Å². The Morgan fingerprint density at radius 2 is 1.88 bits per heavy atom. The molecule has 0 spiro atoms. The molecule has 1 aromatic carbocycles. The van der Waals surface area contributed by atoms with Gasteiger partial charge in [0.2, 0.25) is 15.9 Å². The molecular weight excluding hydrogens is 434 g/mol. The summed E-state index contributed by atoms with van der Waals surface area (Å²) in [4.78, 5) is 28.1. The number of hydrogen-bond donors (Lipinski definition) is 2. The summed E-state index contributed by atoms with van der Waals surface area (Å²) in [6.45, 7) is 5.37. The molecule has 1 amide bonds. The van der Waals surface area contributed by atoms with E-state index >= 15 is 0 Å². The minimum absolute atomic E-state index is 0.0224. The molecule has 0 aliphatic carbocycles. The second-order valence-electron chi connectivity index (χ2n) is 7.72. The van der Waals surface area contributed by atoms with E-state index in [9.17, 15) is 18.0 Å². The van der Waals surface area contributed by atoms with E-state index in [1.165, 1.54) is 4.31 Å². The van der Waals surface area contributed by atoms with Crippen molar-refractivity contribution in [1.82, 2.24) is 9.29 Å². The first-order valence-corrected chi connectivity index (χ1v) is 11.9. The zero-order valence-corrected chi connectivity index (χ0v) is 19.5. The number of nitrogens with one attached hydrogen (secondary N) is 2. The maximum atomic E-state index is 13.5. The molecule has 0 unspecified atom stereocenters. The molecule has 2 heterocycles. The van der Waals surface area contributed by atoms with Gasteiger partial charge >= 0.3 is 5.97 Å². The predicted molar refractivity (Wildman–Crippen MR) is 119 cm³/mol. The summed E-state index contributed by atoms with van der Waals surface area (Å²) in [7, 11) is -2.45. The smallest absolute Gasteiger partial charge is 0.341 e. The molecule has 1 aliphatic rings. The molecule has 1 aromatic heterocycles. The Morgan fingerprint density at radius 3 is 2.50 bits per heavy atom. The van der Waals surface area contributed by atoms with Crippen molar-refractivity contribution in [2.75, 3.05) is 32.1 Å². The van der Waals surface area contributed by atoms with E-state index in [1.54, 1.807) is 52.1 Å². The molecule has 10 heteroatoms. The first-order valence-electron chi connectivity index (χ1n) is 10.5. The maximum Gasteiger partial charge on any atom is 0.341 e. The highest BCUT2D eigenvalue weighted by molar-refractivity contribution is 7.89. The van der Waals surface area contributed by atoms with Gasteiger partial charge in [-0.2, -0.15) is 4.31 Å². The van der Waals surface area contributed by atoms with E-state index in [0.717, 1.165) is 0 Å². The third kappa shape index (κ3) is 4.81. The fourth-order valence-electron chi connectivity index (χ4n) is 3.95. The van der Waals surface area contributed by atoms with Crippen LogP contribution < -0.4 is 10.1 Å². The number of ether oxygens (including phenoxy) is 2. The number of rotatable bonds is 7. The van der Waals surface area contributed by atoms with Crippen molar-refractivity contribution in [3.8, 4) is 5.75 Å². The minimum Gasteiger partial charge on any atom is -0.497 e. The molecule has 2 N–H and O–H groups in total. The van der Waals surface area contributed by atoms with Gasteiger partial charge in [0.05, 0.1) is 19.6 Å². The topological polar surface area (TPSA) is 118 Å². The Balaban J connectivity index is 1.81. The van der Waals surface area contributed by atoms with Gasteiger partial charge in [-0.1, -0.05) is 0 Å². The molecule has 3 rings (SSSR count). The molecule has 32 heavy (non-hydrogen) atoms. The summed E-state index contributed by atoms with van der Waals surface area (Å²) in [6, 6.07) is 6.93. The Kier molecular flexibility index (Phi) is 7.25. The number of hydrogen-bond acceptors (Lipinski definition) is 6. The third-order valence-corrected chi connectivity index (χ3v) is 7.55. The highest BCUT2D eigenvalue weighted by Crippen LogP contribution is 2.31. The van der Waals surface area contributed by atoms with Gasteiger partial charge in [0, 0.05) is 30.2 Å². The third-order valence-electron chi connectivity index (χ3n) is 5.51. The predicted octanol–water partition coefficient (Wildman–Crippen LogP) is 2.86. The van der Waals surface area contributed by atoms with Gasteiger partial charge < -0.3 is 19.8 Å². The number of anilines is 1. The largest absolute Gasteiger partial charge is 0.497 e. The van der Waals surface area contributed by atoms with Gasteiger partial charge in [-0.3, -0.25) is 4.79 Å². The fraction of sp³-hybridized carbons (Fsp3) is 0.455. The zero-order valence-electron chi connectivity index (χ0n) is 18.7. The molecule has 9 nitrogen and oxygen atoms in total. The molecule has 1 saturated heterocycles. The lowest BCUT2D eigenvalue weighted by molar-refractivity contribution is -0.120. The molecular formula is C22H29N3O6S. The van der Waals surface area contributed by atoms with Crippen LogP contribution in [0.1, 0.15) is 41.5 Å². The van der Waals surface area contributed by atoms with Crippen molar-refractivity contribution in [2.45, 2.75) is 38.5 Å². The number of benzene rings is 1. The number of piperidine rings is 1. The standard InChI is InChI=1S/C22H29N3O6S/c1-5-31-22(27)19-14(2)23-15(3)20(19)32(28,29)25-12-6-7-16(13-25)21(26)24-17-8-10-18(30-4)11-9-17/h8-11,16,23H,5-7,12-13H2,1-4H3,(H,24,26)/t16-/m0/s1. The summed E-state index contributed by atoms with van der Waals surface area (Å²) in [6.07, 6.45) is 1.11. The lowest BCUT2D eigenvalue weighted by Crippen LogP contribution is -2.44. The van der Waals surface area contributed by atoms with Crippen LogP contribution in [0, 0.1) is 19.8 Å². The van der Waals surface area contributed by atoms with Crippen LogP contribution in [0.15, 0.2) is 29.2 Å². The monoisotopic (exact) mass is 463 g/mol. The summed E-state index contributed by atoms with van der Waals surface area (Å²) in [5, 5.41) is 2.84. The van der Waals surface area contributed by atoms with Crippen molar-refractivity contribution < 1.29 is 27.5 Å². The zero-order chi connectivity index (χ0) is 23.5. The number of sulfonamides is 1. The van der Waals surface area contributed by atoms with Gasteiger partial charge in [0.25, 0.3) is 0 Å². The number of esters is 1. The van der Waals surface area contributed by atoms with Crippen molar-refractivity contribution in [1.29, 1.82) is 0 Å². The quantitative estimate of drug-likeness (QED) is 0.610. The number of aromatic nitrogens is 1. The van der Waals surface area contributed by atoms with Crippen LogP contribution in [0.3, 0.4) is 0 Å². The number of carbonyl (C=O) groups is 2. The highest BCUT2D eigenvalue weighted by Gasteiger charge is 2.38. The van der Waals surface area contributed by atoms with E-state index in [-0.39, 0.29) is 36.1 Å². The van der Waals surface area contributed by atoms with E-state index in [2.05, 4.69) is 10.3 Å². The molecule has 1 aliphatic heterocycles. The van der Waals surface area contributed by atoms with Crippen LogP contribution in [0.2, 0.25) is 0 Å². The van der Waals surface area contributed by atoms with E-state index in [1.807, 2.05) is 0 Å². The SMILES string of the molecule is CCOC(=O)c1c(C)[nH]c(C)c1S(=O)(=O)N1CCC[C@H](C(=O)Nc2ccc(OC)cc2)C1. The summed E-state index contributed by atoms with van der Waals surface area (Å²) in [5.41, 5.74) is 1.44. The number of aromatic amines is 1. The normalized spacial score (nSPS) is 17.1.